The zero-order valence-corrected chi connectivity index (χ0v) is 18.4. The Labute approximate surface area is 180 Å². The summed E-state index contributed by atoms with van der Waals surface area (Å²) < 4.78 is 19.5. The number of hydrogen-bond donors (Lipinski definition) is 0. The summed E-state index contributed by atoms with van der Waals surface area (Å²) in [6.07, 6.45) is 2.81. The Morgan fingerprint density at radius 1 is 0.700 bits per heavy atom. The van der Waals surface area contributed by atoms with Gasteiger partial charge >= 0.3 is 0 Å². The number of alkyl halides is 1. The molecule has 0 fully saturated rings. The molecule has 0 aromatic heterocycles. The molecule has 0 radical (unpaired) electrons. The van der Waals surface area contributed by atoms with Gasteiger partial charge in [-0.15, -0.1) is 0 Å². The van der Waals surface area contributed by atoms with Gasteiger partial charge in [0.05, 0.1) is 0 Å². The number of halogens is 1. The molecule has 0 saturated carbocycles. The Bertz CT molecular complexity index is 879. The third-order valence-electron chi connectivity index (χ3n) is 5.53. The normalized spacial score (nSPS) is 12.2. The van der Waals surface area contributed by atoms with Crippen LogP contribution in [0.3, 0.4) is 0 Å². The summed E-state index contributed by atoms with van der Waals surface area (Å²) in [6.45, 7) is 6.68. The van der Waals surface area contributed by atoms with Crippen molar-refractivity contribution in [3.63, 3.8) is 0 Å². The number of hydrogen-bond acceptors (Lipinski definition) is 1. The molecule has 0 spiro atoms. The van der Waals surface area contributed by atoms with Gasteiger partial charge in [0.1, 0.15) is 18.5 Å². The summed E-state index contributed by atoms with van der Waals surface area (Å²) in [5, 5.41) is 0. The molecule has 30 heavy (non-hydrogen) atoms. The maximum absolute atomic E-state index is 13.9. The Kier molecular flexibility index (Phi) is 8.07. The van der Waals surface area contributed by atoms with Crippen LogP contribution in [0.5, 0.6) is 5.75 Å². The molecule has 3 aromatic rings. The van der Waals surface area contributed by atoms with Crippen LogP contribution in [0.2, 0.25) is 0 Å². The second kappa shape index (κ2) is 11.0. The van der Waals surface area contributed by atoms with Crippen LogP contribution >= 0.6 is 0 Å². The van der Waals surface area contributed by atoms with Crippen molar-refractivity contribution in [2.24, 2.45) is 0 Å². The van der Waals surface area contributed by atoms with Crippen LogP contribution in [-0.4, -0.2) is 12.8 Å². The van der Waals surface area contributed by atoms with E-state index in [0.29, 0.717) is 12.3 Å². The summed E-state index contributed by atoms with van der Waals surface area (Å²) in [5.41, 5.74) is 6.09. The molecule has 1 nitrogen and oxygen atoms in total. The number of unbranched alkanes of at least 4 members (excludes halogenated alkanes) is 2. The average molecular weight is 405 g/mol. The number of benzene rings is 3. The van der Waals surface area contributed by atoms with Crippen LogP contribution in [0.15, 0.2) is 72.8 Å². The van der Waals surface area contributed by atoms with Gasteiger partial charge in [0.25, 0.3) is 0 Å². The SMILES string of the molecule is CCCCC[C@H](F)COc1ccc(-c2ccc(-c3ccc(C(C)C)cc3)cc2)cc1. The van der Waals surface area contributed by atoms with Gasteiger partial charge in [-0.25, -0.2) is 4.39 Å². The Balaban J connectivity index is 1.58. The first kappa shape index (κ1) is 22.1. The van der Waals surface area contributed by atoms with Crippen LogP contribution < -0.4 is 4.74 Å². The fourth-order valence-electron chi connectivity index (χ4n) is 3.55. The molecule has 3 aromatic carbocycles. The second-order valence-electron chi connectivity index (χ2n) is 8.28. The van der Waals surface area contributed by atoms with Gasteiger partial charge in [0.2, 0.25) is 0 Å². The van der Waals surface area contributed by atoms with E-state index in [1.807, 2.05) is 24.3 Å². The van der Waals surface area contributed by atoms with E-state index in [4.69, 9.17) is 4.74 Å². The molecular weight excluding hydrogens is 371 g/mol. The Morgan fingerprint density at radius 2 is 1.17 bits per heavy atom. The fraction of sp³-hybridized carbons (Fsp3) is 0.357. The van der Waals surface area contributed by atoms with Crippen LogP contribution in [0, 0.1) is 0 Å². The zero-order valence-electron chi connectivity index (χ0n) is 18.4. The highest BCUT2D eigenvalue weighted by Gasteiger charge is 2.08. The van der Waals surface area contributed by atoms with Crippen LogP contribution in [0.4, 0.5) is 4.39 Å². The predicted molar refractivity (Wildman–Crippen MR) is 126 cm³/mol. The van der Waals surface area contributed by atoms with E-state index in [2.05, 4.69) is 69.3 Å². The van der Waals surface area contributed by atoms with E-state index in [1.54, 1.807) is 0 Å². The van der Waals surface area contributed by atoms with E-state index in [0.717, 1.165) is 36.1 Å². The third kappa shape index (κ3) is 6.19. The predicted octanol–water partition coefficient (Wildman–Crippen LogP) is 8.44. The molecule has 2 heteroatoms. The van der Waals surface area contributed by atoms with Gasteiger partial charge in [-0.3, -0.25) is 0 Å². The summed E-state index contributed by atoms with van der Waals surface area (Å²) in [4.78, 5) is 0. The lowest BCUT2D eigenvalue weighted by Crippen LogP contribution is -2.12. The van der Waals surface area contributed by atoms with Gasteiger partial charge in [0.15, 0.2) is 0 Å². The molecule has 3 rings (SSSR count). The van der Waals surface area contributed by atoms with Gasteiger partial charge in [-0.1, -0.05) is 101 Å². The number of rotatable bonds is 10. The lowest BCUT2D eigenvalue weighted by atomic mass is 9.97. The molecule has 0 bridgehead atoms. The van der Waals surface area contributed by atoms with Crippen molar-refractivity contribution in [3.8, 4) is 28.0 Å². The van der Waals surface area contributed by atoms with Crippen LogP contribution in [-0.2, 0) is 0 Å². The minimum absolute atomic E-state index is 0.132. The van der Waals surface area contributed by atoms with Crippen LogP contribution in [0.1, 0.15) is 57.9 Å². The fourth-order valence-corrected chi connectivity index (χ4v) is 3.55. The Morgan fingerprint density at radius 3 is 1.63 bits per heavy atom. The van der Waals surface area contributed by atoms with Crippen molar-refractivity contribution in [1.82, 2.24) is 0 Å². The van der Waals surface area contributed by atoms with Gasteiger partial charge in [-0.05, 0) is 52.3 Å². The highest BCUT2D eigenvalue weighted by Crippen LogP contribution is 2.27. The topological polar surface area (TPSA) is 9.23 Å². The van der Waals surface area contributed by atoms with E-state index in [1.165, 1.54) is 16.7 Å². The monoisotopic (exact) mass is 404 g/mol. The lowest BCUT2D eigenvalue weighted by Gasteiger charge is -2.11. The standard InChI is InChI=1S/C28H33FO/c1-4-5-6-7-27(29)20-30-28-18-16-26(17-19-28)25-14-12-24(13-15-25)23-10-8-22(9-11-23)21(2)3/h8-19,21,27H,4-7,20H2,1-3H3/t27-/m0/s1. The van der Waals surface area contributed by atoms with Crippen molar-refractivity contribution >= 4 is 0 Å². The van der Waals surface area contributed by atoms with Crippen molar-refractivity contribution in [1.29, 1.82) is 0 Å². The lowest BCUT2D eigenvalue weighted by molar-refractivity contribution is 0.184. The molecule has 158 valence electrons. The first-order valence-corrected chi connectivity index (χ1v) is 11.1. The van der Waals surface area contributed by atoms with E-state index in [-0.39, 0.29) is 6.61 Å². The molecule has 0 aliphatic heterocycles. The van der Waals surface area contributed by atoms with E-state index < -0.39 is 6.17 Å². The molecule has 0 saturated heterocycles. The van der Waals surface area contributed by atoms with E-state index >= 15 is 0 Å². The molecule has 0 N–H and O–H groups in total. The smallest absolute Gasteiger partial charge is 0.134 e. The molecule has 0 heterocycles. The highest BCUT2D eigenvalue weighted by molar-refractivity contribution is 5.70. The first-order valence-electron chi connectivity index (χ1n) is 11.1. The minimum Gasteiger partial charge on any atom is -0.491 e. The molecule has 1 atom stereocenters. The summed E-state index contributed by atoms with van der Waals surface area (Å²) in [7, 11) is 0. The van der Waals surface area contributed by atoms with Crippen molar-refractivity contribution in [3.05, 3.63) is 78.4 Å². The maximum atomic E-state index is 13.9. The molecule has 0 aliphatic carbocycles. The summed E-state index contributed by atoms with van der Waals surface area (Å²) in [6, 6.07) is 25.3. The largest absolute Gasteiger partial charge is 0.491 e. The molecular formula is C28H33FO. The average Bonchev–Trinajstić information content (AvgIpc) is 2.78. The highest BCUT2D eigenvalue weighted by atomic mass is 19.1. The molecule has 0 unspecified atom stereocenters. The molecule has 0 aliphatic rings. The third-order valence-corrected chi connectivity index (χ3v) is 5.53. The van der Waals surface area contributed by atoms with Gasteiger partial charge in [-0.2, -0.15) is 0 Å². The summed E-state index contributed by atoms with van der Waals surface area (Å²) >= 11 is 0. The minimum atomic E-state index is -0.890. The van der Waals surface area contributed by atoms with Gasteiger partial charge < -0.3 is 4.74 Å². The Hall–Kier alpha value is -2.61. The van der Waals surface area contributed by atoms with Crippen molar-refractivity contribution in [2.45, 2.75) is 58.5 Å². The van der Waals surface area contributed by atoms with Gasteiger partial charge in [0, 0.05) is 0 Å². The molecule has 0 amide bonds. The zero-order chi connectivity index (χ0) is 21.3. The van der Waals surface area contributed by atoms with Crippen molar-refractivity contribution < 1.29 is 9.13 Å². The van der Waals surface area contributed by atoms with E-state index in [9.17, 15) is 4.39 Å². The first-order chi connectivity index (χ1) is 14.6. The summed E-state index contributed by atoms with van der Waals surface area (Å²) in [5.74, 6) is 1.27. The maximum Gasteiger partial charge on any atom is 0.134 e. The van der Waals surface area contributed by atoms with Crippen LogP contribution in [0.25, 0.3) is 22.3 Å². The van der Waals surface area contributed by atoms with Crippen molar-refractivity contribution in [2.75, 3.05) is 6.61 Å². The second-order valence-corrected chi connectivity index (χ2v) is 8.28. The quantitative estimate of drug-likeness (QED) is 0.308. The number of ether oxygens (including phenoxy) is 1.